The molecule has 4 heteroatoms. The number of carbonyl (C=O) groups is 1. The summed E-state index contributed by atoms with van der Waals surface area (Å²) in [5.41, 5.74) is 0.686. The lowest BCUT2D eigenvalue weighted by Crippen LogP contribution is -2.42. The van der Waals surface area contributed by atoms with Crippen molar-refractivity contribution >= 4 is 17.2 Å². The van der Waals surface area contributed by atoms with Gasteiger partial charge in [0.1, 0.15) is 4.88 Å². The summed E-state index contributed by atoms with van der Waals surface area (Å²) in [5, 5.41) is 4.06. The second-order valence-electron chi connectivity index (χ2n) is 4.57. The predicted molar refractivity (Wildman–Crippen MR) is 68.1 cm³/mol. The maximum atomic E-state index is 12.0. The van der Waals surface area contributed by atoms with Crippen molar-refractivity contribution < 1.29 is 4.79 Å². The summed E-state index contributed by atoms with van der Waals surface area (Å²) in [6.07, 6.45) is 1.80. The Morgan fingerprint density at radius 1 is 1.44 bits per heavy atom. The van der Waals surface area contributed by atoms with Gasteiger partial charge in [-0.15, -0.1) is 11.3 Å². The number of carbonyl (C=O) groups excluding carboxylic acids is 1. The van der Waals surface area contributed by atoms with E-state index >= 15 is 0 Å². The third kappa shape index (κ3) is 3.04. The summed E-state index contributed by atoms with van der Waals surface area (Å²) in [6.45, 7) is 10.1. The molecule has 0 saturated carbocycles. The summed E-state index contributed by atoms with van der Waals surface area (Å²) in [7, 11) is 0. The van der Waals surface area contributed by atoms with E-state index in [1.165, 1.54) is 11.3 Å². The first kappa shape index (κ1) is 13.2. The Hall–Kier alpha value is -0.900. The molecular formula is C12H20N2OS. The Balaban J connectivity index is 2.84. The molecule has 0 aliphatic rings. The van der Waals surface area contributed by atoms with Crippen molar-refractivity contribution in [2.45, 2.75) is 53.0 Å². The number of rotatable bonds is 4. The van der Waals surface area contributed by atoms with Crippen LogP contribution in [0.5, 0.6) is 0 Å². The van der Waals surface area contributed by atoms with E-state index in [4.69, 9.17) is 0 Å². The van der Waals surface area contributed by atoms with Crippen LogP contribution >= 0.6 is 11.3 Å². The fraction of sp³-hybridized carbons (Fsp3) is 0.667. The van der Waals surface area contributed by atoms with Gasteiger partial charge in [0.15, 0.2) is 0 Å². The minimum atomic E-state index is -0.153. The molecule has 0 aromatic carbocycles. The van der Waals surface area contributed by atoms with Gasteiger partial charge in [-0.2, -0.15) is 0 Å². The van der Waals surface area contributed by atoms with E-state index in [0.29, 0.717) is 0 Å². The van der Waals surface area contributed by atoms with E-state index in [-0.39, 0.29) is 11.4 Å². The van der Waals surface area contributed by atoms with Crippen LogP contribution < -0.4 is 5.32 Å². The van der Waals surface area contributed by atoms with Crippen LogP contribution in [0.15, 0.2) is 0 Å². The molecule has 0 bridgehead atoms. The van der Waals surface area contributed by atoms with Crippen molar-refractivity contribution in [1.82, 2.24) is 10.3 Å². The van der Waals surface area contributed by atoms with Gasteiger partial charge in [0.25, 0.3) is 5.91 Å². The van der Waals surface area contributed by atoms with Crippen LogP contribution in [0.2, 0.25) is 0 Å². The summed E-state index contributed by atoms with van der Waals surface area (Å²) in [6, 6.07) is 0. The van der Waals surface area contributed by atoms with Gasteiger partial charge >= 0.3 is 0 Å². The van der Waals surface area contributed by atoms with E-state index in [0.717, 1.165) is 28.4 Å². The Labute approximate surface area is 101 Å². The van der Waals surface area contributed by atoms with Gasteiger partial charge in [-0.1, -0.05) is 13.8 Å². The van der Waals surface area contributed by atoms with Crippen molar-refractivity contribution in [3.8, 4) is 0 Å². The van der Waals surface area contributed by atoms with Crippen LogP contribution in [0.1, 0.15) is 54.5 Å². The molecular weight excluding hydrogens is 220 g/mol. The van der Waals surface area contributed by atoms with Gasteiger partial charge in [0.05, 0.1) is 10.7 Å². The maximum absolute atomic E-state index is 12.0. The lowest BCUT2D eigenvalue weighted by Gasteiger charge is -2.24. The molecule has 0 radical (unpaired) electrons. The smallest absolute Gasteiger partial charge is 0.263 e. The van der Waals surface area contributed by atoms with Crippen LogP contribution in [-0.4, -0.2) is 16.4 Å². The quantitative estimate of drug-likeness (QED) is 0.879. The van der Waals surface area contributed by atoms with Crippen molar-refractivity contribution in [2.24, 2.45) is 0 Å². The molecule has 0 fully saturated rings. The van der Waals surface area contributed by atoms with Crippen LogP contribution in [0, 0.1) is 6.92 Å². The molecule has 0 spiro atoms. The lowest BCUT2D eigenvalue weighted by atomic mass is 10.0. The van der Waals surface area contributed by atoms with Crippen molar-refractivity contribution in [1.29, 1.82) is 0 Å². The van der Waals surface area contributed by atoms with Gasteiger partial charge in [-0.05, 0) is 33.6 Å². The third-order valence-electron chi connectivity index (χ3n) is 2.69. The highest BCUT2D eigenvalue weighted by Gasteiger charge is 2.21. The highest BCUT2D eigenvalue weighted by atomic mass is 32.1. The Kier molecular flexibility index (Phi) is 4.08. The van der Waals surface area contributed by atoms with E-state index in [1.54, 1.807) is 0 Å². The number of thiazole rings is 1. The largest absolute Gasteiger partial charge is 0.346 e. The molecule has 1 rings (SSSR count). The van der Waals surface area contributed by atoms with E-state index in [1.807, 2.05) is 20.8 Å². The van der Waals surface area contributed by atoms with E-state index in [2.05, 4.69) is 24.1 Å². The summed E-state index contributed by atoms with van der Waals surface area (Å²) >= 11 is 1.50. The standard InChI is InChI=1S/C12H20N2OS/c1-6-9-13-8(3)10(16-9)11(15)14-12(4,5)7-2/h6-7H2,1-5H3,(H,14,15). The molecule has 1 N–H and O–H groups in total. The fourth-order valence-electron chi connectivity index (χ4n) is 1.27. The number of nitrogens with one attached hydrogen (secondary N) is 1. The minimum Gasteiger partial charge on any atom is -0.346 e. The first-order valence-corrected chi connectivity index (χ1v) is 6.50. The molecule has 3 nitrogen and oxygen atoms in total. The fourth-order valence-corrected chi connectivity index (χ4v) is 2.17. The SMILES string of the molecule is CCc1nc(C)c(C(=O)NC(C)(C)CC)s1. The Bertz CT molecular complexity index is 382. The number of nitrogens with zero attached hydrogens (tertiary/aromatic N) is 1. The number of hydrogen-bond donors (Lipinski definition) is 1. The summed E-state index contributed by atoms with van der Waals surface area (Å²) in [4.78, 5) is 17.1. The average molecular weight is 240 g/mol. The number of aryl methyl sites for hydroxylation is 2. The molecule has 90 valence electrons. The molecule has 0 aliphatic heterocycles. The second kappa shape index (κ2) is 4.95. The lowest BCUT2D eigenvalue weighted by molar-refractivity contribution is 0.0914. The predicted octanol–water partition coefficient (Wildman–Crippen LogP) is 2.93. The van der Waals surface area contributed by atoms with Gasteiger partial charge in [0.2, 0.25) is 0 Å². The molecule has 0 saturated heterocycles. The molecule has 1 aromatic heterocycles. The van der Waals surface area contributed by atoms with Gasteiger partial charge in [-0.3, -0.25) is 4.79 Å². The topological polar surface area (TPSA) is 42.0 Å². The minimum absolute atomic E-state index is 0.00144. The van der Waals surface area contributed by atoms with Gasteiger partial charge in [0, 0.05) is 5.54 Å². The molecule has 1 aromatic rings. The zero-order chi connectivity index (χ0) is 12.3. The van der Waals surface area contributed by atoms with Gasteiger partial charge < -0.3 is 5.32 Å². The molecule has 16 heavy (non-hydrogen) atoms. The zero-order valence-electron chi connectivity index (χ0n) is 10.7. The monoisotopic (exact) mass is 240 g/mol. The third-order valence-corrected chi connectivity index (χ3v) is 3.99. The second-order valence-corrected chi connectivity index (χ2v) is 5.65. The Morgan fingerprint density at radius 2 is 2.06 bits per heavy atom. The van der Waals surface area contributed by atoms with Crippen LogP contribution in [0.3, 0.4) is 0 Å². The van der Waals surface area contributed by atoms with Crippen molar-refractivity contribution in [2.75, 3.05) is 0 Å². The highest BCUT2D eigenvalue weighted by Crippen LogP contribution is 2.19. The van der Waals surface area contributed by atoms with E-state index in [9.17, 15) is 4.79 Å². The zero-order valence-corrected chi connectivity index (χ0v) is 11.5. The Morgan fingerprint density at radius 3 is 2.50 bits per heavy atom. The molecule has 0 aliphatic carbocycles. The molecule has 1 amide bonds. The van der Waals surface area contributed by atoms with Crippen molar-refractivity contribution in [3.63, 3.8) is 0 Å². The van der Waals surface area contributed by atoms with Crippen molar-refractivity contribution in [3.05, 3.63) is 15.6 Å². The maximum Gasteiger partial charge on any atom is 0.263 e. The molecule has 1 heterocycles. The van der Waals surface area contributed by atoms with Crippen LogP contribution in [0.25, 0.3) is 0 Å². The summed E-state index contributed by atoms with van der Waals surface area (Å²) in [5.74, 6) is 0.00144. The number of aromatic nitrogens is 1. The van der Waals surface area contributed by atoms with Gasteiger partial charge in [-0.25, -0.2) is 4.98 Å². The number of amides is 1. The summed E-state index contributed by atoms with van der Waals surface area (Å²) < 4.78 is 0. The highest BCUT2D eigenvalue weighted by molar-refractivity contribution is 7.13. The molecule has 0 atom stereocenters. The number of hydrogen-bond acceptors (Lipinski definition) is 3. The normalized spacial score (nSPS) is 11.6. The first-order chi connectivity index (χ1) is 7.39. The van der Waals surface area contributed by atoms with Crippen LogP contribution in [-0.2, 0) is 6.42 Å². The average Bonchev–Trinajstić information content (AvgIpc) is 2.59. The van der Waals surface area contributed by atoms with Crippen LogP contribution in [0.4, 0.5) is 0 Å². The molecule has 0 unspecified atom stereocenters. The first-order valence-electron chi connectivity index (χ1n) is 5.68. The van der Waals surface area contributed by atoms with E-state index < -0.39 is 0 Å².